The van der Waals surface area contributed by atoms with Crippen LogP contribution in [-0.2, 0) is 14.4 Å². The van der Waals surface area contributed by atoms with Crippen molar-refractivity contribution < 1.29 is 63.7 Å². The SMILES string of the molecule is NC(=O)c1nnc(SCC2=C(C(=O)[O-])N3C(=O)C(NC(=O)C(NC(=O)c4n[nH]c(=O)[nH]c4=O)c4ccc(O)cc4)[C@@H]3SC2)s1.[Na+]. The van der Waals surface area contributed by atoms with Gasteiger partial charge in [0.15, 0.2) is 4.34 Å². The molecule has 1 aromatic carbocycles. The molecule has 3 atom stereocenters. The number of carbonyl (C=O) groups is 5. The monoisotopic (exact) mass is 683 g/mol. The Morgan fingerprint density at radius 3 is 2.51 bits per heavy atom. The molecule has 7 N–H and O–H groups in total. The molecule has 22 heteroatoms. The molecule has 2 aromatic heterocycles. The molecule has 1 saturated heterocycles. The van der Waals surface area contributed by atoms with Crippen LogP contribution >= 0.6 is 34.9 Å². The number of thioether (sulfide) groups is 2. The standard InChI is InChI=1S/C23H19N9O9S3.Na/c24-14(34)18-29-31-23(44-18)43-6-8-5-42-20-12(19(38)32(20)13(8)21(39)40)26-15(35)10(7-1-3-9(33)4-2-7)25-16(36)11-17(37)27-22(41)30-28-11;/h1-4,10,12,20,33H,5-6H2,(H2,24,34)(H,25,36)(H,26,35)(H,39,40)(H2,27,30,37,41);/q;+1/p-1/t10?,12?,20-;/m0./s1. The van der Waals surface area contributed by atoms with Gasteiger partial charge in [0.05, 0.1) is 11.7 Å². The first kappa shape index (κ1) is 33.9. The maximum Gasteiger partial charge on any atom is 1.00 e. The van der Waals surface area contributed by atoms with Gasteiger partial charge in [-0.15, -0.1) is 22.0 Å². The number of β-lactam (4-membered cyclic amide) rings is 1. The zero-order valence-electron chi connectivity index (χ0n) is 22.8. The van der Waals surface area contributed by atoms with Gasteiger partial charge in [0, 0.05) is 11.5 Å². The molecule has 1 fully saturated rings. The van der Waals surface area contributed by atoms with E-state index in [-0.39, 0.29) is 63.1 Å². The maximum absolute atomic E-state index is 13.4. The van der Waals surface area contributed by atoms with Crippen molar-refractivity contribution in [3.63, 3.8) is 0 Å². The Hall–Kier alpha value is -4.02. The topological polar surface area (TPSA) is 286 Å². The average Bonchev–Trinajstić information content (AvgIpc) is 3.47. The van der Waals surface area contributed by atoms with Crippen molar-refractivity contribution >= 4 is 64.5 Å². The van der Waals surface area contributed by atoms with Crippen molar-refractivity contribution in [3.8, 4) is 5.75 Å². The minimum absolute atomic E-state index is 0. The summed E-state index contributed by atoms with van der Waals surface area (Å²) in [4.78, 5) is 88.9. The van der Waals surface area contributed by atoms with Gasteiger partial charge in [0.25, 0.3) is 23.3 Å². The van der Waals surface area contributed by atoms with E-state index in [4.69, 9.17) is 5.73 Å². The molecule has 0 bridgehead atoms. The summed E-state index contributed by atoms with van der Waals surface area (Å²) in [6.45, 7) is 0. The van der Waals surface area contributed by atoms with Crippen LogP contribution in [0.15, 0.2) is 49.5 Å². The molecule has 5 rings (SSSR count). The van der Waals surface area contributed by atoms with E-state index in [2.05, 4.69) is 25.9 Å². The van der Waals surface area contributed by atoms with Crippen LogP contribution in [0.2, 0.25) is 0 Å². The number of fused-ring (bicyclic) bond motifs is 1. The number of rotatable bonds is 10. The van der Waals surface area contributed by atoms with E-state index in [9.17, 15) is 43.8 Å². The molecule has 0 spiro atoms. The van der Waals surface area contributed by atoms with Crippen molar-refractivity contribution in [2.45, 2.75) is 21.8 Å². The normalized spacial score (nSPS) is 17.8. The summed E-state index contributed by atoms with van der Waals surface area (Å²) in [5, 5.41) is 38.5. The molecule has 2 unspecified atom stereocenters. The minimum atomic E-state index is -1.60. The number of phenolic OH excluding ortho intramolecular Hbond substituents is 1. The van der Waals surface area contributed by atoms with Crippen LogP contribution in [0.5, 0.6) is 5.75 Å². The molecule has 4 heterocycles. The number of phenols is 1. The van der Waals surface area contributed by atoms with Crippen LogP contribution in [0.25, 0.3) is 0 Å². The zero-order valence-corrected chi connectivity index (χ0v) is 27.2. The first-order valence-electron chi connectivity index (χ1n) is 12.2. The Kier molecular flexibility index (Phi) is 10.5. The van der Waals surface area contributed by atoms with Gasteiger partial charge in [-0.25, -0.2) is 9.89 Å². The van der Waals surface area contributed by atoms with E-state index >= 15 is 0 Å². The number of hydrogen-bond donors (Lipinski definition) is 6. The summed E-state index contributed by atoms with van der Waals surface area (Å²) in [5.74, 6) is -5.05. The fourth-order valence-corrected chi connectivity index (χ4v) is 7.39. The van der Waals surface area contributed by atoms with E-state index in [0.29, 0.717) is 9.91 Å². The van der Waals surface area contributed by atoms with Crippen LogP contribution in [-0.4, -0.2) is 87.9 Å². The number of aromatic hydroxyl groups is 1. The molecule has 0 radical (unpaired) electrons. The number of carbonyl (C=O) groups excluding carboxylic acids is 5. The number of amides is 4. The van der Waals surface area contributed by atoms with E-state index in [0.717, 1.165) is 28.0 Å². The third kappa shape index (κ3) is 7.12. The number of H-pyrrole nitrogens is 2. The molecule has 2 aliphatic heterocycles. The second-order valence-electron chi connectivity index (χ2n) is 9.02. The van der Waals surface area contributed by atoms with Gasteiger partial charge in [-0.05, 0) is 23.3 Å². The molecule has 4 amide bonds. The number of primary amides is 1. The summed E-state index contributed by atoms with van der Waals surface area (Å²) in [6.07, 6.45) is 0. The number of benzene rings is 1. The largest absolute Gasteiger partial charge is 1.00 e. The van der Waals surface area contributed by atoms with Gasteiger partial charge < -0.3 is 31.4 Å². The number of hydrogen-bond acceptors (Lipinski definition) is 15. The number of aromatic nitrogens is 5. The number of nitrogens with two attached hydrogens (primary N) is 1. The predicted octanol–water partition coefficient (Wildman–Crippen LogP) is -6.21. The summed E-state index contributed by atoms with van der Waals surface area (Å²) in [5.41, 5.74) is 2.50. The van der Waals surface area contributed by atoms with Gasteiger partial charge in [-0.3, -0.25) is 33.9 Å². The molecule has 228 valence electrons. The van der Waals surface area contributed by atoms with Gasteiger partial charge in [-0.2, -0.15) is 5.10 Å². The molecule has 2 aliphatic rings. The third-order valence-electron chi connectivity index (χ3n) is 6.22. The Balaban J connectivity index is 0.00000461. The number of aliphatic carboxylic acids is 1. The molecule has 0 saturated carbocycles. The molecular weight excluding hydrogens is 665 g/mol. The summed E-state index contributed by atoms with van der Waals surface area (Å²) in [6, 6.07) is 2.43. The Bertz CT molecular complexity index is 1840. The van der Waals surface area contributed by atoms with Crippen LogP contribution in [0.1, 0.15) is 31.9 Å². The maximum atomic E-state index is 13.4. The molecule has 0 aliphatic carbocycles. The quantitative estimate of drug-likeness (QED) is 0.0659. The van der Waals surface area contributed by atoms with E-state index < -0.39 is 64.0 Å². The Morgan fingerprint density at radius 1 is 1.18 bits per heavy atom. The Labute approximate surface area is 284 Å². The van der Waals surface area contributed by atoms with E-state index in [1.807, 2.05) is 10.1 Å². The van der Waals surface area contributed by atoms with Crippen LogP contribution in [0.4, 0.5) is 0 Å². The fourth-order valence-electron chi connectivity index (χ4n) is 4.20. The number of carboxylic acids is 1. The number of nitrogens with zero attached hydrogens (tertiary/aromatic N) is 4. The van der Waals surface area contributed by atoms with Crippen molar-refractivity contribution in [2.75, 3.05) is 11.5 Å². The van der Waals surface area contributed by atoms with Gasteiger partial charge >= 0.3 is 35.2 Å². The molecular formula is C23H18N9NaO9S3. The minimum Gasteiger partial charge on any atom is -0.543 e. The number of nitrogens with one attached hydrogen (secondary N) is 4. The fraction of sp³-hybridized carbons (Fsp3) is 0.217. The third-order valence-corrected chi connectivity index (χ3v) is 9.71. The van der Waals surface area contributed by atoms with Crippen molar-refractivity contribution in [2.24, 2.45) is 5.73 Å². The zero-order chi connectivity index (χ0) is 31.7. The Morgan fingerprint density at radius 2 is 1.89 bits per heavy atom. The molecule has 45 heavy (non-hydrogen) atoms. The van der Waals surface area contributed by atoms with E-state index in [1.165, 1.54) is 36.0 Å². The number of aromatic amines is 2. The van der Waals surface area contributed by atoms with Gasteiger partial charge in [-0.1, -0.05) is 35.2 Å². The summed E-state index contributed by atoms with van der Waals surface area (Å²) >= 11 is 3.20. The van der Waals surface area contributed by atoms with Gasteiger partial charge in [0.2, 0.25) is 16.6 Å². The van der Waals surface area contributed by atoms with E-state index in [1.54, 1.807) is 0 Å². The second kappa shape index (κ2) is 14.0. The van der Waals surface area contributed by atoms with Crippen molar-refractivity contribution in [1.82, 2.24) is 40.9 Å². The smallest absolute Gasteiger partial charge is 0.543 e. The van der Waals surface area contributed by atoms with Crippen molar-refractivity contribution in [1.29, 1.82) is 0 Å². The number of carboxylic acid groups (broad SMARTS) is 1. The summed E-state index contributed by atoms with van der Waals surface area (Å²) in [7, 11) is 0. The average molecular weight is 684 g/mol. The molecule has 18 nitrogen and oxygen atoms in total. The molecule has 3 aromatic rings. The first-order valence-corrected chi connectivity index (χ1v) is 15.0. The first-order chi connectivity index (χ1) is 20.9. The van der Waals surface area contributed by atoms with Crippen molar-refractivity contribution in [3.05, 3.63) is 72.6 Å². The van der Waals surface area contributed by atoms with Crippen LogP contribution in [0.3, 0.4) is 0 Å². The van der Waals surface area contributed by atoms with Crippen LogP contribution in [0, 0.1) is 0 Å². The van der Waals surface area contributed by atoms with Gasteiger partial charge in [0.1, 0.15) is 23.2 Å². The summed E-state index contributed by atoms with van der Waals surface area (Å²) < 4.78 is 0.359. The second-order valence-corrected chi connectivity index (χ2v) is 12.3. The predicted molar refractivity (Wildman–Crippen MR) is 150 cm³/mol. The van der Waals surface area contributed by atoms with Crippen LogP contribution < -0.4 is 62.3 Å².